The summed E-state index contributed by atoms with van der Waals surface area (Å²) in [5.41, 5.74) is 17.2. The number of anilines is 1. The molecule has 5 heterocycles. The molecule has 3 aromatic heterocycles. The molecule has 0 aliphatic carbocycles. The minimum Gasteiger partial charge on any atom is -0.378 e. The second kappa shape index (κ2) is 12.6. The van der Waals surface area contributed by atoms with Crippen LogP contribution in [0.1, 0.15) is 22.8 Å². The molecule has 5 heteroatoms. The Morgan fingerprint density at radius 3 is 0.941 bits per heavy atom. The Morgan fingerprint density at radius 1 is 0.353 bits per heavy atom. The standard InChI is InChI=1S/C46H35N5/c1-51(2)34-20-18-33(19-21-34)46-41-28-26-39(49-41)44(31-14-8-4-9-15-31)37-24-22-35(47-37)43(30-12-6-3-7-13-30)36-23-25-38(48-36)45(32-16-10-5-11-17-32)40-27-29-42(46)50-40/h3-29,47,50H,1-2H3. The molecule has 0 radical (unpaired) electrons. The zero-order valence-corrected chi connectivity index (χ0v) is 28.4. The molecule has 0 amide bonds. The van der Waals surface area contributed by atoms with Gasteiger partial charge in [0.05, 0.1) is 22.8 Å². The molecule has 2 aliphatic rings. The third-order valence-electron chi connectivity index (χ3n) is 9.61. The van der Waals surface area contributed by atoms with Gasteiger partial charge in [-0.15, -0.1) is 0 Å². The fourth-order valence-electron chi connectivity index (χ4n) is 7.16. The van der Waals surface area contributed by atoms with Gasteiger partial charge in [0.25, 0.3) is 0 Å². The van der Waals surface area contributed by atoms with Gasteiger partial charge < -0.3 is 14.9 Å². The van der Waals surface area contributed by atoms with Gasteiger partial charge in [0.15, 0.2) is 0 Å². The second-order valence-corrected chi connectivity index (χ2v) is 13.0. The van der Waals surface area contributed by atoms with Crippen molar-refractivity contribution < 1.29 is 0 Å². The Bertz CT molecular complexity index is 2590. The maximum Gasteiger partial charge on any atom is 0.0737 e. The predicted octanol–water partition coefficient (Wildman–Crippen LogP) is 11.4. The summed E-state index contributed by atoms with van der Waals surface area (Å²) in [5, 5.41) is 0. The zero-order chi connectivity index (χ0) is 34.3. The first-order valence-corrected chi connectivity index (χ1v) is 17.2. The Kier molecular flexibility index (Phi) is 7.51. The number of hydrogen-bond acceptors (Lipinski definition) is 3. The smallest absolute Gasteiger partial charge is 0.0737 e. The van der Waals surface area contributed by atoms with E-state index in [1.165, 1.54) is 0 Å². The van der Waals surface area contributed by atoms with Crippen molar-refractivity contribution in [2.75, 3.05) is 19.0 Å². The number of fused-ring (bicyclic) bond motifs is 8. The molecule has 9 rings (SSSR count). The highest BCUT2D eigenvalue weighted by Crippen LogP contribution is 2.38. The number of aromatic amines is 2. The molecule has 244 valence electrons. The number of nitrogens with one attached hydrogen (secondary N) is 2. The minimum absolute atomic E-state index is 0.898. The van der Waals surface area contributed by atoms with Crippen LogP contribution in [0.3, 0.4) is 0 Å². The first-order chi connectivity index (χ1) is 25.1. The van der Waals surface area contributed by atoms with E-state index in [1.807, 2.05) is 0 Å². The van der Waals surface area contributed by atoms with Crippen LogP contribution in [0.15, 0.2) is 140 Å². The summed E-state index contributed by atoms with van der Waals surface area (Å²) in [4.78, 5) is 20.5. The molecule has 0 unspecified atom stereocenters. The van der Waals surface area contributed by atoms with E-state index < -0.39 is 0 Å². The van der Waals surface area contributed by atoms with Gasteiger partial charge >= 0.3 is 0 Å². The second-order valence-electron chi connectivity index (χ2n) is 13.0. The number of nitrogens with zero attached hydrogens (tertiary/aromatic N) is 3. The third kappa shape index (κ3) is 5.55. The Labute approximate surface area is 297 Å². The first-order valence-electron chi connectivity index (χ1n) is 17.2. The van der Waals surface area contributed by atoms with E-state index in [-0.39, 0.29) is 0 Å². The van der Waals surface area contributed by atoms with Crippen molar-refractivity contribution in [2.45, 2.75) is 0 Å². The van der Waals surface area contributed by atoms with E-state index in [0.717, 1.165) is 95.0 Å². The number of aromatic nitrogens is 4. The highest BCUT2D eigenvalue weighted by atomic mass is 15.1. The summed E-state index contributed by atoms with van der Waals surface area (Å²) in [6, 6.07) is 48.9. The topological polar surface area (TPSA) is 60.6 Å². The van der Waals surface area contributed by atoms with Crippen molar-refractivity contribution in [2.24, 2.45) is 0 Å². The summed E-state index contributed by atoms with van der Waals surface area (Å²) in [6.45, 7) is 0. The molecule has 5 nitrogen and oxygen atoms in total. The molecule has 0 saturated heterocycles. The summed E-state index contributed by atoms with van der Waals surface area (Å²) in [7, 11) is 4.13. The molecule has 0 saturated carbocycles. The lowest BCUT2D eigenvalue weighted by Crippen LogP contribution is -2.07. The molecule has 8 bridgehead atoms. The first kappa shape index (κ1) is 30.3. The molecular weight excluding hydrogens is 623 g/mol. The van der Waals surface area contributed by atoms with Crippen LogP contribution in [0.2, 0.25) is 0 Å². The van der Waals surface area contributed by atoms with Crippen LogP contribution in [-0.4, -0.2) is 34.0 Å². The predicted molar refractivity (Wildman–Crippen MR) is 215 cm³/mol. The summed E-state index contributed by atoms with van der Waals surface area (Å²) < 4.78 is 0. The average Bonchev–Trinajstić information content (AvgIpc) is 4.01. The van der Waals surface area contributed by atoms with Crippen LogP contribution in [0.4, 0.5) is 5.69 Å². The maximum absolute atomic E-state index is 5.40. The van der Waals surface area contributed by atoms with Crippen molar-refractivity contribution >= 4 is 52.1 Å². The van der Waals surface area contributed by atoms with Crippen LogP contribution < -0.4 is 4.90 Å². The van der Waals surface area contributed by atoms with Gasteiger partial charge in [-0.25, -0.2) is 9.97 Å². The summed E-state index contributed by atoms with van der Waals surface area (Å²) in [6.07, 6.45) is 8.56. The number of benzene rings is 4. The lowest BCUT2D eigenvalue weighted by molar-refractivity contribution is 1.13. The molecule has 7 aromatic rings. The van der Waals surface area contributed by atoms with Crippen molar-refractivity contribution in [3.63, 3.8) is 0 Å². The van der Waals surface area contributed by atoms with Gasteiger partial charge in [0, 0.05) is 64.1 Å². The highest BCUT2D eigenvalue weighted by Gasteiger charge is 2.18. The maximum atomic E-state index is 5.40. The lowest BCUT2D eigenvalue weighted by Gasteiger charge is -2.13. The largest absolute Gasteiger partial charge is 0.378 e. The SMILES string of the molecule is CN(C)c1ccc(-c2c3nc(c(-c4ccccc4)c4ccc([nH]4)c(-c4ccccc4)c4nc(c(-c5ccccc5)c5ccc2[nH]5)C=C4)C=C3)cc1. The van der Waals surface area contributed by atoms with Crippen molar-refractivity contribution in [1.29, 1.82) is 0 Å². The van der Waals surface area contributed by atoms with E-state index in [0.29, 0.717) is 0 Å². The Hall–Kier alpha value is -6.72. The zero-order valence-electron chi connectivity index (χ0n) is 28.4. The van der Waals surface area contributed by atoms with Crippen molar-refractivity contribution in [3.05, 3.63) is 162 Å². The normalized spacial score (nSPS) is 12.0. The van der Waals surface area contributed by atoms with Crippen molar-refractivity contribution in [1.82, 2.24) is 19.9 Å². The van der Waals surface area contributed by atoms with E-state index in [1.54, 1.807) is 0 Å². The Balaban J connectivity index is 1.46. The number of H-pyrrole nitrogens is 2. The van der Waals surface area contributed by atoms with Crippen LogP contribution in [0, 0.1) is 0 Å². The molecular formula is C46H35N5. The molecule has 4 aromatic carbocycles. The molecule has 2 N–H and O–H groups in total. The number of hydrogen-bond donors (Lipinski definition) is 2. The molecule has 0 spiro atoms. The van der Waals surface area contributed by atoms with Gasteiger partial charge in [-0.2, -0.15) is 0 Å². The van der Waals surface area contributed by atoms with Gasteiger partial charge in [-0.1, -0.05) is 103 Å². The van der Waals surface area contributed by atoms with Gasteiger partial charge in [0.1, 0.15) is 0 Å². The average molecular weight is 658 g/mol. The van der Waals surface area contributed by atoms with Crippen LogP contribution >= 0.6 is 0 Å². The summed E-state index contributed by atoms with van der Waals surface area (Å²) >= 11 is 0. The number of rotatable bonds is 5. The third-order valence-corrected chi connectivity index (χ3v) is 9.61. The van der Waals surface area contributed by atoms with Gasteiger partial charge in [-0.3, -0.25) is 0 Å². The van der Waals surface area contributed by atoms with E-state index >= 15 is 0 Å². The van der Waals surface area contributed by atoms with Crippen LogP contribution in [0.5, 0.6) is 0 Å². The summed E-state index contributed by atoms with van der Waals surface area (Å²) in [5.74, 6) is 0. The molecule has 51 heavy (non-hydrogen) atoms. The van der Waals surface area contributed by atoms with Crippen molar-refractivity contribution in [3.8, 4) is 44.5 Å². The van der Waals surface area contributed by atoms with Gasteiger partial charge in [-0.05, 0) is 83.0 Å². The fraction of sp³-hybridized carbons (Fsp3) is 0.0435. The molecule has 0 atom stereocenters. The minimum atomic E-state index is 0.898. The monoisotopic (exact) mass is 657 g/mol. The van der Waals surface area contributed by atoms with Crippen LogP contribution in [0.25, 0.3) is 90.9 Å². The van der Waals surface area contributed by atoms with Gasteiger partial charge in [0.2, 0.25) is 0 Å². The van der Waals surface area contributed by atoms with Crippen LogP contribution in [-0.2, 0) is 0 Å². The fourth-order valence-corrected chi connectivity index (χ4v) is 7.16. The molecule has 2 aliphatic heterocycles. The lowest BCUT2D eigenvalue weighted by atomic mass is 10.0. The molecule has 0 fully saturated rings. The quantitative estimate of drug-likeness (QED) is 0.194. The van der Waals surface area contributed by atoms with E-state index in [4.69, 9.17) is 9.97 Å². The highest BCUT2D eigenvalue weighted by molar-refractivity contribution is 5.99. The Morgan fingerprint density at radius 2 is 0.647 bits per heavy atom. The van der Waals surface area contributed by atoms with E-state index in [9.17, 15) is 0 Å². The van der Waals surface area contributed by atoms with E-state index in [2.05, 4.69) is 193 Å².